The molecule has 0 aromatic carbocycles. The summed E-state index contributed by atoms with van der Waals surface area (Å²) in [5, 5.41) is 10.3. The van der Waals surface area contributed by atoms with Gasteiger partial charge in [-0.25, -0.2) is 0 Å². The molecule has 2 nitrogen and oxygen atoms in total. The lowest BCUT2D eigenvalue weighted by molar-refractivity contribution is -0.258. The van der Waals surface area contributed by atoms with Gasteiger partial charge in [-0.1, -0.05) is 48.5 Å². The van der Waals surface area contributed by atoms with Crippen molar-refractivity contribution < 1.29 is 9.90 Å². The maximum atomic E-state index is 12.7. The Labute approximate surface area is 197 Å². The molecule has 5 fully saturated rings. The van der Waals surface area contributed by atoms with Crippen LogP contribution in [0.25, 0.3) is 0 Å². The van der Waals surface area contributed by atoms with Gasteiger partial charge in [0.1, 0.15) is 5.78 Å². The lowest BCUT2D eigenvalue weighted by Gasteiger charge is -2.74. The number of carbonyl (C=O) groups is 1. The van der Waals surface area contributed by atoms with Crippen LogP contribution in [0.2, 0.25) is 0 Å². The van der Waals surface area contributed by atoms with Crippen LogP contribution >= 0.6 is 0 Å². The Bertz CT molecular complexity index is 805. The summed E-state index contributed by atoms with van der Waals surface area (Å²) in [7, 11) is 0. The van der Waals surface area contributed by atoms with Crippen molar-refractivity contribution in [3.05, 3.63) is 0 Å². The van der Waals surface area contributed by atoms with Gasteiger partial charge in [-0.2, -0.15) is 0 Å². The molecule has 0 bridgehead atoms. The molecule has 0 aromatic rings. The van der Waals surface area contributed by atoms with E-state index in [-0.39, 0.29) is 16.7 Å². The number of Topliss-reactive ketones (excluding diaryl/α,β-unsaturated/α-hetero) is 1. The van der Waals surface area contributed by atoms with Crippen molar-refractivity contribution in [2.75, 3.05) is 6.61 Å². The average Bonchev–Trinajstić information content (AvgIpc) is 2.75. The van der Waals surface area contributed by atoms with E-state index in [1.165, 1.54) is 57.8 Å². The van der Waals surface area contributed by atoms with Gasteiger partial charge in [0.05, 0.1) is 0 Å². The quantitative estimate of drug-likeness (QED) is 0.458. The average molecular weight is 443 g/mol. The van der Waals surface area contributed by atoms with E-state index in [2.05, 4.69) is 48.5 Å². The topological polar surface area (TPSA) is 37.3 Å². The third-order valence-corrected chi connectivity index (χ3v) is 14.0. The summed E-state index contributed by atoms with van der Waals surface area (Å²) in [4.78, 5) is 12.7. The molecule has 10 atom stereocenters. The Morgan fingerprint density at radius 2 is 1.38 bits per heavy atom. The minimum absolute atomic E-state index is 0.108. The lowest BCUT2D eigenvalue weighted by atomic mass is 9.30. The van der Waals surface area contributed by atoms with E-state index < -0.39 is 0 Å². The first-order chi connectivity index (χ1) is 14.8. The lowest BCUT2D eigenvalue weighted by Crippen LogP contribution is -2.67. The highest BCUT2D eigenvalue weighted by Crippen LogP contribution is 2.78. The summed E-state index contributed by atoms with van der Waals surface area (Å²) in [6.45, 7) is 18.0. The molecule has 2 heteroatoms. The van der Waals surface area contributed by atoms with Crippen LogP contribution < -0.4 is 0 Å². The number of hydrogen-bond acceptors (Lipinski definition) is 2. The van der Waals surface area contributed by atoms with Gasteiger partial charge in [0, 0.05) is 18.9 Å². The monoisotopic (exact) mass is 442 g/mol. The minimum atomic E-state index is 0.108. The molecule has 5 saturated carbocycles. The molecular formula is C30H50O2. The van der Waals surface area contributed by atoms with Crippen molar-refractivity contribution in [1.82, 2.24) is 0 Å². The second-order valence-corrected chi connectivity index (χ2v) is 15.1. The Morgan fingerprint density at radius 3 is 2.06 bits per heavy atom. The van der Waals surface area contributed by atoms with Crippen LogP contribution in [-0.4, -0.2) is 17.5 Å². The Hall–Kier alpha value is -0.370. The highest BCUT2D eigenvalue weighted by molar-refractivity contribution is 5.82. The first-order valence-electron chi connectivity index (χ1n) is 13.9. The number of carbonyl (C=O) groups excluding carboxylic acids is 1. The van der Waals surface area contributed by atoms with E-state index in [9.17, 15) is 9.90 Å². The largest absolute Gasteiger partial charge is 0.396 e. The molecule has 182 valence electrons. The van der Waals surface area contributed by atoms with Crippen molar-refractivity contribution in [1.29, 1.82) is 0 Å². The van der Waals surface area contributed by atoms with Crippen molar-refractivity contribution >= 4 is 5.78 Å². The highest BCUT2D eigenvalue weighted by Gasteiger charge is 2.70. The summed E-state index contributed by atoms with van der Waals surface area (Å²) in [5.41, 5.74) is 1.88. The van der Waals surface area contributed by atoms with Gasteiger partial charge in [0.2, 0.25) is 0 Å². The minimum Gasteiger partial charge on any atom is -0.396 e. The molecule has 0 unspecified atom stereocenters. The third-order valence-electron chi connectivity index (χ3n) is 14.0. The molecule has 0 heterocycles. The maximum Gasteiger partial charge on any atom is 0.136 e. The third kappa shape index (κ3) is 2.71. The van der Waals surface area contributed by atoms with Crippen LogP contribution in [0.4, 0.5) is 0 Å². The zero-order valence-corrected chi connectivity index (χ0v) is 22.2. The van der Waals surface area contributed by atoms with Crippen molar-refractivity contribution in [3.8, 4) is 0 Å². The molecule has 0 spiro atoms. The Kier molecular flexibility index (Phi) is 5.01. The summed E-state index contributed by atoms with van der Waals surface area (Å²) in [6.07, 6.45) is 13.6. The van der Waals surface area contributed by atoms with Crippen LogP contribution in [0, 0.1) is 56.2 Å². The molecular weight excluding hydrogens is 392 g/mol. The fourth-order valence-corrected chi connectivity index (χ4v) is 11.2. The number of hydrogen-bond donors (Lipinski definition) is 1. The predicted octanol–water partition coefficient (Wildman–Crippen LogP) is 7.43. The molecule has 0 amide bonds. The molecule has 5 rings (SSSR count). The zero-order valence-electron chi connectivity index (χ0n) is 22.2. The van der Waals surface area contributed by atoms with E-state index in [1.807, 2.05) is 0 Å². The Morgan fingerprint density at radius 1 is 0.750 bits per heavy atom. The molecule has 0 radical (unpaired) electrons. The van der Waals surface area contributed by atoms with Gasteiger partial charge in [-0.05, 0) is 114 Å². The molecule has 5 aliphatic carbocycles. The van der Waals surface area contributed by atoms with Crippen molar-refractivity contribution in [2.24, 2.45) is 56.2 Å². The summed E-state index contributed by atoms with van der Waals surface area (Å²) in [5.74, 6) is 2.96. The standard InChI is InChI=1S/C30H50O2/c1-20-21(32)8-9-22-27(20,4)11-10-23-28(22,5)15-17-30(7)24-18-25(2,19-31)12-13-26(24,3)14-16-29(23,30)6/h20,22-24,31H,8-19H2,1-7H3/t20-,22+,23-,24+,25-,26+,27+,28-,29+,30-/m0/s1. The number of ketones is 1. The van der Waals surface area contributed by atoms with Crippen molar-refractivity contribution in [2.45, 2.75) is 119 Å². The smallest absolute Gasteiger partial charge is 0.136 e. The SMILES string of the molecule is C[C@H]1C(=O)CC[C@@H]2[C@]1(C)CC[C@H]1[C@@]2(C)CC[C@@]2(C)[C@@H]3C[C@@](C)(CO)CC[C@]3(C)CC[C@]12C. The zero-order chi connectivity index (χ0) is 23.4. The predicted molar refractivity (Wildman–Crippen MR) is 131 cm³/mol. The highest BCUT2D eigenvalue weighted by atomic mass is 16.3. The van der Waals surface area contributed by atoms with Crippen LogP contribution in [0.1, 0.15) is 119 Å². The number of fused-ring (bicyclic) bond motifs is 7. The van der Waals surface area contributed by atoms with Crippen LogP contribution in [0.5, 0.6) is 0 Å². The normalized spacial score (nSPS) is 60.1. The van der Waals surface area contributed by atoms with E-state index in [0.29, 0.717) is 40.0 Å². The molecule has 32 heavy (non-hydrogen) atoms. The summed E-state index contributed by atoms with van der Waals surface area (Å²) in [6, 6.07) is 0. The Balaban J connectivity index is 1.54. The molecule has 5 aliphatic rings. The number of aliphatic hydroxyl groups excluding tert-OH is 1. The first kappa shape index (κ1) is 23.4. The van der Waals surface area contributed by atoms with Crippen LogP contribution in [0.15, 0.2) is 0 Å². The second-order valence-electron chi connectivity index (χ2n) is 15.1. The summed E-state index contributed by atoms with van der Waals surface area (Å²) < 4.78 is 0. The molecule has 0 saturated heterocycles. The van der Waals surface area contributed by atoms with E-state index in [1.54, 1.807) is 0 Å². The van der Waals surface area contributed by atoms with Crippen LogP contribution in [0.3, 0.4) is 0 Å². The molecule has 1 N–H and O–H groups in total. The maximum absolute atomic E-state index is 12.7. The molecule has 0 aromatic heterocycles. The van der Waals surface area contributed by atoms with Gasteiger partial charge in [0.15, 0.2) is 0 Å². The summed E-state index contributed by atoms with van der Waals surface area (Å²) >= 11 is 0. The van der Waals surface area contributed by atoms with E-state index in [4.69, 9.17) is 0 Å². The number of rotatable bonds is 1. The van der Waals surface area contributed by atoms with Crippen molar-refractivity contribution in [3.63, 3.8) is 0 Å². The van der Waals surface area contributed by atoms with Gasteiger partial charge >= 0.3 is 0 Å². The van der Waals surface area contributed by atoms with E-state index >= 15 is 0 Å². The van der Waals surface area contributed by atoms with Gasteiger partial charge in [0.25, 0.3) is 0 Å². The fraction of sp³-hybridized carbons (Fsp3) is 0.967. The van der Waals surface area contributed by atoms with Gasteiger partial charge < -0.3 is 5.11 Å². The van der Waals surface area contributed by atoms with E-state index in [0.717, 1.165) is 24.7 Å². The number of aliphatic hydroxyl groups is 1. The van der Waals surface area contributed by atoms with Crippen LogP contribution in [-0.2, 0) is 4.79 Å². The fourth-order valence-electron chi connectivity index (χ4n) is 11.2. The van der Waals surface area contributed by atoms with Gasteiger partial charge in [-0.15, -0.1) is 0 Å². The molecule has 0 aliphatic heterocycles. The van der Waals surface area contributed by atoms with Gasteiger partial charge in [-0.3, -0.25) is 4.79 Å². The first-order valence-corrected chi connectivity index (χ1v) is 13.9. The second kappa shape index (κ2) is 6.86.